The molecular weight excluding hydrogens is 467 g/mol. The maximum atomic E-state index is 13.7. The van der Waals surface area contributed by atoms with Gasteiger partial charge in [-0.15, -0.1) is 0 Å². The molecule has 0 saturated carbocycles. The van der Waals surface area contributed by atoms with Crippen molar-refractivity contribution in [1.82, 2.24) is 4.31 Å². The van der Waals surface area contributed by atoms with Gasteiger partial charge in [0, 0.05) is 18.8 Å². The third-order valence-electron chi connectivity index (χ3n) is 4.52. The number of esters is 1. The predicted molar refractivity (Wildman–Crippen MR) is 113 cm³/mol. The third-order valence-corrected chi connectivity index (χ3v) is 6.90. The number of anilines is 1. The van der Waals surface area contributed by atoms with Crippen LogP contribution in [0.4, 0.5) is 10.1 Å². The second kappa shape index (κ2) is 10.3. The van der Waals surface area contributed by atoms with Gasteiger partial charge in [-0.25, -0.2) is 17.6 Å². The Balaban J connectivity index is 1.64. The Bertz CT molecular complexity index is 1120. The van der Waals surface area contributed by atoms with Crippen LogP contribution in [-0.2, 0) is 24.3 Å². The van der Waals surface area contributed by atoms with E-state index in [1.165, 1.54) is 41.7 Å². The second-order valence-corrected chi connectivity index (χ2v) is 8.95. The number of benzene rings is 2. The monoisotopic (exact) mass is 486 g/mol. The lowest BCUT2D eigenvalue weighted by atomic mass is 10.2. The first-order valence-electron chi connectivity index (χ1n) is 9.40. The van der Waals surface area contributed by atoms with E-state index in [2.05, 4.69) is 5.32 Å². The number of hydrogen-bond donors (Lipinski definition) is 1. The fraction of sp³-hybridized carbons (Fsp3) is 0.300. The molecule has 0 unspecified atom stereocenters. The van der Waals surface area contributed by atoms with Crippen LogP contribution in [-0.4, -0.2) is 64.6 Å². The van der Waals surface area contributed by atoms with Crippen molar-refractivity contribution in [3.8, 4) is 5.75 Å². The number of ether oxygens (including phenoxy) is 3. The van der Waals surface area contributed by atoms with Gasteiger partial charge in [-0.05, 0) is 36.4 Å². The van der Waals surface area contributed by atoms with Crippen LogP contribution in [0, 0.1) is 5.82 Å². The van der Waals surface area contributed by atoms with E-state index in [1.54, 1.807) is 0 Å². The molecule has 1 aliphatic heterocycles. The van der Waals surface area contributed by atoms with Gasteiger partial charge in [0.2, 0.25) is 10.0 Å². The van der Waals surface area contributed by atoms with Crippen molar-refractivity contribution in [3.63, 3.8) is 0 Å². The van der Waals surface area contributed by atoms with E-state index in [0.717, 1.165) is 6.07 Å². The van der Waals surface area contributed by atoms with Gasteiger partial charge < -0.3 is 19.5 Å². The van der Waals surface area contributed by atoms with Crippen molar-refractivity contribution in [2.24, 2.45) is 0 Å². The van der Waals surface area contributed by atoms with Crippen LogP contribution >= 0.6 is 11.6 Å². The van der Waals surface area contributed by atoms with E-state index in [1.807, 2.05) is 0 Å². The smallest absolute Gasteiger partial charge is 0.338 e. The van der Waals surface area contributed by atoms with Gasteiger partial charge in [-0.3, -0.25) is 4.79 Å². The molecule has 1 saturated heterocycles. The molecule has 0 aromatic heterocycles. The number of nitrogens with zero attached hydrogens (tertiary/aromatic N) is 1. The van der Waals surface area contributed by atoms with Gasteiger partial charge in [0.1, 0.15) is 4.90 Å². The molecule has 12 heteroatoms. The summed E-state index contributed by atoms with van der Waals surface area (Å²) >= 11 is 6.08. The zero-order valence-electron chi connectivity index (χ0n) is 17.0. The van der Waals surface area contributed by atoms with Crippen molar-refractivity contribution in [2.75, 3.05) is 45.3 Å². The predicted octanol–water partition coefficient (Wildman–Crippen LogP) is 2.30. The van der Waals surface area contributed by atoms with Gasteiger partial charge in [-0.2, -0.15) is 4.31 Å². The molecule has 0 bridgehead atoms. The quantitative estimate of drug-likeness (QED) is 0.598. The summed E-state index contributed by atoms with van der Waals surface area (Å²) in [6.45, 7) is 0.266. The molecule has 2 aromatic carbocycles. The molecule has 2 aromatic rings. The highest BCUT2D eigenvalue weighted by Gasteiger charge is 2.28. The van der Waals surface area contributed by atoms with Gasteiger partial charge >= 0.3 is 5.97 Å². The van der Waals surface area contributed by atoms with Crippen molar-refractivity contribution < 1.29 is 36.6 Å². The van der Waals surface area contributed by atoms with E-state index in [0.29, 0.717) is 0 Å². The molecule has 0 atom stereocenters. The Morgan fingerprint density at radius 1 is 1.19 bits per heavy atom. The largest absolute Gasteiger partial charge is 0.494 e. The van der Waals surface area contributed by atoms with E-state index in [-0.39, 0.29) is 53.2 Å². The van der Waals surface area contributed by atoms with Gasteiger partial charge in [-0.1, -0.05) is 11.6 Å². The standard InChI is InChI=1S/C20H20ClFN2O7S/c1-29-17-5-2-13(10-16(17)22)20(26)31-12-19(25)23-14-3-4-15(21)18(11-14)32(27,28)24-6-8-30-9-7-24/h2-5,10-11H,6-9,12H2,1H3,(H,23,25). The SMILES string of the molecule is COc1ccc(C(=O)OCC(=O)Nc2ccc(Cl)c(S(=O)(=O)N3CCOCC3)c2)cc1F. The molecule has 0 radical (unpaired) electrons. The number of nitrogens with one attached hydrogen (secondary N) is 1. The lowest BCUT2D eigenvalue weighted by molar-refractivity contribution is -0.119. The number of carbonyl (C=O) groups excluding carboxylic acids is 2. The molecule has 0 spiro atoms. The summed E-state index contributed by atoms with van der Waals surface area (Å²) in [7, 11) is -2.60. The summed E-state index contributed by atoms with van der Waals surface area (Å²) in [5.41, 5.74) is 0.0549. The van der Waals surface area contributed by atoms with E-state index in [9.17, 15) is 22.4 Å². The highest BCUT2D eigenvalue weighted by molar-refractivity contribution is 7.89. The summed E-state index contributed by atoms with van der Waals surface area (Å²) in [6, 6.07) is 7.48. The number of halogens is 2. The first-order chi connectivity index (χ1) is 15.2. The summed E-state index contributed by atoms with van der Waals surface area (Å²) in [5.74, 6) is -2.41. The van der Waals surface area contributed by atoms with Crippen LogP contribution < -0.4 is 10.1 Å². The van der Waals surface area contributed by atoms with Crippen molar-refractivity contribution in [3.05, 3.63) is 52.8 Å². The van der Waals surface area contributed by atoms with Crippen LogP contribution in [0.5, 0.6) is 5.75 Å². The lowest BCUT2D eigenvalue weighted by Crippen LogP contribution is -2.40. The summed E-state index contributed by atoms with van der Waals surface area (Å²) in [4.78, 5) is 24.0. The summed E-state index contributed by atoms with van der Waals surface area (Å²) < 4.78 is 55.5. The first kappa shape index (κ1) is 23.9. The highest BCUT2D eigenvalue weighted by Crippen LogP contribution is 2.28. The first-order valence-corrected chi connectivity index (χ1v) is 11.2. The number of sulfonamides is 1. The minimum atomic E-state index is -3.88. The molecule has 172 valence electrons. The average molecular weight is 487 g/mol. The molecule has 1 aliphatic rings. The van der Waals surface area contributed by atoms with Crippen LogP contribution in [0.2, 0.25) is 5.02 Å². The van der Waals surface area contributed by atoms with Crippen LogP contribution in [0.15, 0.2) is 41.3 Å². The highest BCUT2D eigenvalue weighted by atomic mass is 35.5. The molecule has 0 aliphatic carbocycles. The van der Waals surface area contributed by atoms with Crippen molar-refractivity contribution >= 4 is 39.2 Å². The minimum Gasteiger partial charge on any atom is -0.494 e. The summed E-state index contributed by atoms with van der Waals surface area (Å²) in [5, 5.41) is 2.45. The Labute approximate surface area is 189 Å². The number of carbonyl (C=O) groups is 2. The van der Waals surface area contributed by atoms with Crippen LogP contribution in [0.1, 0.15) is 10.4 Å². The van der Waals surface area contributed by atoms with Crippen molar-refractivity contribution in [1.29, 1.82) is 0 Å². The van der Waals surface area contributed by atoms with Gasteiger partial charge in [0.15, 0.2) is 18.2 Å². The Kier molecular flexibility index (Phi) is 7.67. The average Bonchev–Trinajstić information content (AvgIpc) is 2.79. The molecule has 1 amide bonds. The Morgan fingerprint density at radius 3 is 2.56 bits per heavy atom. The normalized spacial score (nSPS) is 14.6. The number of rotatable bonds is 7. The van der Waals surface area contributed by atoms with E-state index < -0.39 is 34.3 Å². The topological polar surface area (TPSA) is 111 Å². The molecular formula is C20H20ClFN2O7S. The van der Waals surface area contributed by atoms with E-state index in [4.69, 9.17) is 25.8 Å². The molecule has 1 heterocycles. The van der Waals surface area contributed by atoms with Gasteiger partial charge in [0.05, 0.1) is 30.9 Å². The lowest BCUT2D eigenvalue weighted by Gasteiger charge is -2.26. The zero-order valence-corrected chi connectivity index (χ0v) is 18.5. The maximum Gasteiger partial charge on any atom is 0.338 e. The number of methoxy groups -OCH3 is 1. The molecule has 9 nitrogen and oxygen atoms in total. The van der Waals surface area contributed by atoms with Crippen LogP contribution in [0.3, 0.4) is 0 Å². The third kappa shape index (κ3) is 5.54. The fourth-order valence-corrected chi connectivity index (χ4v) is 4.82. The Morgan fingerprint density at radius 2 is 1.91 bits per heavy atom. The Hall–Kier alpha value is -2.73. The van der Waals surface area contributed by atoms with Crippen LogP contribution in [0.25, 0.3) is 0 Å². The number of morpholine rings is 1. The summed E-state index contributed by atoms with van der Waals surface area (Å²) in [6.07, 6.45) is 0. The molecule has 32 heavy (non-hydrogen) atoms. The molecule has 1 fully saturated rings. The van der Waals surface area contributed by atoms with E-state index >= 15 is 0 Å². The molecule has 1 N–H and O–H groups in total. The number of amides is 1. The fourth-order valence-electron chi connectivity index (χ4n) is 2.91. The van der Waals surface area contributed by atoms with Gasteiger partial charge in [0.25, 0.3) is 5.91 Å². The number of hydrogen-bond acceptors (Lipinski definition) is 7. The zero-order chi connectivity index (χ0) is 23.3. The van der Waals surface area contributed by atoms with Crippen molar-refractivity contribution in [2.45, 2.75) is 4.90 Å². The minimum absolute atomic E-state index is 0.00227. The maximum absolute atomic E-state index is 13.7. The second-order valence-electron chi connectivity index (χ2n) is 6.64. The molecule has 3 rings (SSSR count).